The summed E-state index contributed by atoms with van der Waals surface area (Å²) in [5, 5.41) is 8.60. The zero-order valence-corrected chi connectivity index (χ0v) is 11.7. The molecule has 8 heteroatoms. The zero-order chi connectivity index (χ0) is 13.6. The first-order valence-electron chi connectivity index (χ1n) is 5.11. The minimum absolute atomic E-state index is 0.0614. The Morgan fingerprint density at radius 1 is 1.22 bits per heavy atom. The summed E-state index contributed by atoms with van der Waals surface area (Å²) < 4.78 is 31.1. The lowest BCUT2D eigenvalue weighted by Crippen LogP contribution is -2.28. The molecule has 18 heavy (non-hydrogen) atoms. The molecular weight excluding hydrogens is 301 g/mol. The molecule has 0 amide bonds. The second-order valence-electron chi connectivity index (χ2n) is 3.28. The van der Waals surface area contributed by atoms with Crippen molar-refractivity contribution in [2.75, 3.05) is 26.4 Å². The number of aliphatic hydroxyl groups excluding tert-OH is 1. The Morgan fingerprint density at radius 3 is 2.39 bits per heavy atom. The van der Waals surface area contributed by atoms with Crippen molar-refractivity contribution in [2.45, 2.75) is 4.90 Å². The maximum atomic E-state index is 11.9. The van der Waals surface area contributed by atoms with E-state index in [1.165, 1.54) is 12.1 Å². The monoisotopic (exact) mass is 313 g/mol. The molecule has 1 aromatic carbocycles. The molecule has 0 atom stereocenters. The third-order valence-electron chi connectivity index (χ3n) is 1.96. The first kappa shape index (κ1) is 15.7. The number of nitrogens with one attached hydrogen (secondary N) is 1. The van der Waals surface area contributed by atoms with Gasteiger partial charge >= 0.3 is 0 Å². The Kier molecular flexibility index (Phi) is 6.34. The normalized spacial score (nSPS) is 11.7. The highest BCUT2D eigenvalue weighted by molar-refractivity contribution is 7.89. The van der Waals surface area contributed by atoms with Crippen LogP contribution >= 0.6 is 23.2 Å². The van der Waals surface area contributed by atoms with E-state index < -0.39 is 10.0 Å². The Bertz CT molecular complexity index is 472. The molecule has 0 unspecified atom stereocenters. The average Bonchev–Trinajstić information content (AvgIpc) is 2.28. The number of hydrogen-bond donors (Lipinski definition) is 2. The number of rotatable bonds is 7. The van der Waals surface area contributed by atoms with Crippen LogP contribution in [0.1, 0.15) is 0 Å². The summed E-state index contributed by atoms with van der Waals surface area (Å²) in [6, 6.07) is 4.46. The van der Waals surface area contributed by atoms with Gasteiger partial charge in [0.2, 0.25) is 10.0 Å². The SMILES string of the molecule is O=S(=O)(NCCOCCO)c1c(Cl)cccc1Cl. The van der Waals surface area contributed by atoms with Crippen LogP contribution in [-0.2, 0) is 14.8 Å². The molecule has 1 rings (SSSR count). The van der Waals surface area contributed by atoms with Crippen molar-refractivity contribution < 1.29 is 18.3 Å². The molecule has 5 nitrogen and oxygen atoms in total. The highest BCUT2D eigenvalue weighted by atomic mass is 35.5. The minimum atomic E-state index is -3.77. The van der Waals surface area contributed by atoms with E-state index in [-0.39, 0.29) is 41.3 Å². The van der Waals surface area contributed by atoms with Gasteiger partial charge in [-0.3, -0.25) is 0 Å². The fourth-order valence-electron chi connectivity index (χ4n) is 1.23. The highest BCUT2D eigenvalue weighted by Crippen LogP contribution is 2.28. The fraction of sp³-hybridized carbons (Fsp3) is 0.400. The van der Waals surface area contributed by atoms with E-state index in [9.17, 15) is 8.42 Å². The molecule has 0 aliphatic rings. The first-order chi connectivity index (χ1) is 8.49. The third kappa shape index (κ3) is 4.38. The van der Waals surface area contributed by atoms with Crippen molar-refractivity contribution in [3.63, 3.8) is 0 Å². The van der Waals surface area contributed by atoms with Crippen molar-refractivity contribution in [3.05, 3.63) is 28.2 Å². The van der Waals surface area contributed by atoms with Gasteiger partial charge in [-0.1, -0.05) is 29.3 Å². The number of aliphatic hydroxyl groups is 1. The molecule has 102 valence electrons. The van der Waals surface area contributed by atoms with Gasteiger partial charge in [0.15, 0.2) is 0 Å². The molecule has 0 fully saturated rings. The molecule has 0 aromatic heterocycles. The Hall–Kier alpha value is -0.370. The number of benzene rings is 1. The Labute approximate surface area is 116 Å². The van der Waals surface area contributed by atoms with Crippen LogP contribution in [0, 0.1) is 0 Å². The molecule has 2 N–H and O–H groups in total. The van der Waals surface area contributed by atoms with E-state index in [1.807, 2.05) is 0 Å². The lowest BCUT2D eigenvalue weighted by Gasteiger charge is -2.09. The Morgan fingerprint density at radius 2 is 1.83 bits per heavy atom. The number of sulfonamides is 1. The standard InChI is InChI=1S/C10H13Cl2NO4S/c11-8-2-1-3-9(12)10(8)18(15,16)13-4-6-17-7-5-14/h1-3,13-14H,4-7H2. The maximum absolute atomic E-state index is 11.9. The quantitative estimate of drug-likeness (QED) is 0.744. The van der Waals surface area contributed by atoms with Gasteiger partial charge in [0.05, 0.1) is 29.9 Å². The molecular formula is C10H13Cl2NO4S. The largest absolute Gasteiger partial charge is 0.394 e. The molecule has 0 radical (unpaired) electrons. The second-order valence-corrected chi connectivity index (χ2v) is 5.80. The predicted octanol–water partition coefficient (Wildman–Crippen LogP) is 1.28. The zero-order valence-electron chi connectivity index (χ0n) is 9.40. The molecule has 0 spiro atoms. The summed E-state index contributed by atoms with van der Waals surface area (Å²) in [6.45, 7) is 0.281. The molecule has 0 bridgehead atoms. The van der Waals surface area contributed by atoms with Crippen LogP contribution in [0.15, 0.2) is 23.1 Å². The van der Waals surface area contributed by atoms with Crippen molar-refractivity contribution in [2.24, 2.45) is 0 Å². The van der Waals surface area contributed by atoms with Gasteiger partial charge in [0.1, 0.15) is 4.90 Å². The van der Waals surface area contributed by atoms with Crippen LogP contribution in [0.4, 0.5) is 0 Å². The predicted molar refractivity (Wildman–Crippen MR) is 69.6 cm³/mol. The minimum Gasteiger partial charge on any atom is -0.394 e. The van der Waals surface area contributed by atoms with E-state index in [1.54, 1.807) is 6.07 Å². The van der Waals surface area contributed by atoms with Gasteiger partial charge in [-0.05, 0) is 12.1 Å². The van der Waals surface area contributed by atoms with Crippen LogP contribution in [0.2, 0.25) is 10.0 Å². The van der Waals surface area contributed by atoms with E-state index in [2.05, 4.69) is 4.72 Å². The van der Waals surface area contributed by atoms with Crippen LogP contribution in [-0.4, -0.2) is 39.9 Å². The fourth-order valence-corrected chi connectivity index (χ4v) is 3.38. The van der Waals surface area contributed by atoms with Crippen molar-refractivity contribution in [3.8, 4) is 0 Å². The lowest BCUT2D eigenvalue weighted by molar-refractivity contribution is 0.0961. The summed E-state index contributed by atoms with van der Waals surface area (Å²) >= 11 is 11.6. The van der Waals surface area contributed by atoms with Gasteiger partial charge < -0.3 is 9.84 Å². The van der Waals surface area contributed by atoms with Gasteiger partial charge in [0, 0.05) is 6.54 Å². The van der Waals surface area contributed by atoms with Crippen LogP contribution in [0.5, 0.6) is 0 Å². The van der Waals surface area contributed by atoms with Crippen molar-refractivity contribution in [1.82, 2.24) is 4.72 Å². The smallest absolute Gasteiger partial charge is 0.243 e. The summed E-state index contributed by atoms with van der Waals surface area (Å²) in [4.78, 5) is -0.143. The lowest BCUT2D eigenvalue weighted by atomic mass is 10.4. The van der Waals surface area contributed by atoms with Crippen LogP contribution in [0.3, 0.4) is 0 Å². The van der Waals surface area contributed by atoms with Crippen LogP contribution < -0.4 is 4.72 Å². The molecule has 0 saturated carbocycles. The third-order valence-corrected chi connectivity index (χ3v) is 4.38. The molecule has 0 saturated heterocycles. The van der Waals surface area contributed by atoms with Crippen LogP contribution in [0.25, 0.3) is 0 Å². The average molecular weight is 314 g/mol. The second kappa shape index (κ2) is 7.28. The summed E-state index contributed by atoms with van der Waals surface area (Å²) in [5.74, 6) is 0. The Balaban J connectivity index is 2.69. The van der Waals surface area contributed by atoms with Crippen molar-refractivity contribution in [1.29, 1.82) is 0 Å². The maximum Gasteiger partial charge on any atom is 0.243 e. The van der Waals surface area contributed by atoms with E-state index in [4.69, 9.17) is 33.0 Å². The molecule has 1 aromatic rings. The topological polar surface area (TPSA) is 75.6 Å². The van der Waals surface area contributed by atoms with Gasteiger partial charge in [-0.15, -0.1) is 0 Å². The van der Waals surface area contributed by atoms with Gasteiger partial charge in [-0.25, -0.2) is 13.1 Å². The first-order valence-corrected chi connectivity index (χ1v) is 7.35. The number of halogens is 2. The number of hydrogen-bond acceptors (Lipinski definition) is 4. The van der Waals surface area contributed by atoms with Crippen molar-refractivity contribution >= 4 is 33.2 Å². The summed E-state index contributed by atoms with van der Waals surface area (Å²) in [7, 11) is -3.77. The summed E-state index contributed by atoms with van der Waals surface area (Å²) in [5.41, 5.74) is 0. The molecule has 0 aliphatic heterocycles. The van der Waals surface area contributed by atoms with E-state index >= 15 is 0 Å². The van der Waals surface area contributed by atoms with Gasteiger partial charge in [-0.2, -0.15) is 0 Å². The number of ether oxygens (including phenoxy) is 1. The molecule has 0 aliphatic carbocycles. The summed E-state index contributed by atoms with van der Waals surface area (Å²) in [6.07, 6.45) is 0. The van der Waals surface area contributed by atoms with E-state index in [0.29, 0.717) is 0 Å². The van der Waals surface area contributed by atoms with E-state index in [0.717, 1.165) is 0 Å². The van der Waals surface area contributed by atoms with Gasteiger partial charge in [0.25, 0.3) is 0 Å². The highest BCUT2D eigenvalue weighted by Gasteiger charge is 2.20. The molecule has 0 heterocycles.